The Bertz CT molecular complexity index is 1280. The van der Waals surface area contributed by atoms with E-state index in [4.69, 9.17) is 42.8 Å². The number of nitrogens with zero attached hydrogens (tertiary/aromatic N) is 6. The molecule has 4 aliphatic rings. The summed E-state index contributed by atoms with van der Waals surface area (Å²) in [7, 11) is 3.06. The van der Waals surface area contributed by atoms with Gasteiger partial charge < -0.3 is 0 Å². The summed E-state index contributed by atoms with van der Waals surface area (Å²) in [5.74, 6) is -3.10. The predicted octanol–water partition coefficient (Wildman–Crippen LogP) is 8.30. The molecule has 0 aromatic heterocycles. The summed E-state index contributed by atoms with van der Waals surface area (Å²) in [6, 6.07) is 0. The van der Waals surface area contributed by atoms with Crippen LogP contribution in [0.2, 0.25) is 0 Å². The van der Waals surface area contributed by atoms with Crippen molar-refractivity contribution in [3.8, 4) is 0 Å². The zero-order valence-corrected chi connectivity index (χ0v) is 23.4. The van der Waals surface area contributed by atoms with Crippen LogP contribution in [0.1, 0.15) is 0 Å². The van der Waals surface area contributed by atoms with E-state index in [1.807, 2.05) is 80.5 Å². The van der Waals surface area contributed by atoms with Crippen LogP contribution in [0.3, 0.4) is 0 Å². The van der Waals surface area contributed by atoms with E-state index in [0.29, 0.717) is 19.6 Å². The number of likely N-dealkylation sites (N-methyl/N-ethyl adjacent to an activating group) is 3. The SMILES string of the molecule is CN(CC1=C=CC=C1)P1(Cl)=NP(N(C)CC2=C=CC=C2)(N(C)CC2=C=CC=C2)=NP(Cl)(Cl)=N1. The molecule has 0 saturated heterocycles. The van der Waals surface area contributed by atoms with Gasteiger partial charge in [0.15, 0.2) is 0 Å². The van der Waals surface area contributed by atoms with E-state index in [2.05, 4.69) is 31.0 Å². The zero-order chi connectivity index (χ0) is 23.7. The lowest BCUT2D eigenvalue weighted by atomic mass is 10.3. The highest BCUT2D eigenvalue weighted by Crippen LogP contribution is 2.85. The summed E-state index contributed by atoms with van der Waals surface area (Å²) >= 11 is 20.7. The molecule has 0 radical (unpaired) electrons. The van der Waals surface area contributed by atoms with Crippen LogP contribution in [0.15, 0.2) is 102 Å². The van der Waals surface area contributed by atoms with Gasteiger partial charge in [0.2, 0.25) is 14.2 Å². The Kier molecular flexibility index (Phi) is 7.72. The number of rotatable bonds is 9. The average Bonchev–Trinajstić information content (AvgIpc) is 3.50. The largest absolute Gasteiger partial charge is 0.257 e. The van der Waals surface area contributed by atoms with Gasteiger partial charge in [0, 0.05) is 36.4 Å². The lowest BCUT2D eigenvalue weighted by Gasteiger charge is -2.41. The first-order valence-electron chi connectivity index (χ1n) is 10.1. The van der Waals surface area contributed by atoms with Crippen LogP contribution in [0.4, 0.5) is 0 Å². The lowest BCUT2D eigenvalue weighted by Crippen LogP contribution is -2.29. The Labute approximate surface area is 210 Å². The van der Waals surface area contributed by atoms with Gasteiger partial charge in [-0.3, -0.25) is 0 Å². The Morgan fingerprint density at radius 1 is 0.667 bits per heavy atom. The van der Waals surface area contributed by atoms with Crippen molar-refractivity contribution in [1.29, 1.82) is 0 Å². The third kappa shape index (κ3) is 5.73. The van der Waals surface area contributed by atoms with E-state index in [9.17, 15) is 0 Å². The van der Waals surface area contributed by atoms with Crippen molar-refractivity contribution in [3.63, 3.8) is 0 Å². The van der Waals surface area contributed by atoms with Crippen LogP contribution in [-0.4, -0.2) is 54.8 Å². The van der Waals surface area contributed by atoms with Gasteiger partial charge in [-0.05, 0) is 91.3 Å². The highest BCUT2D eigenvalue weighted by Gasteiger charge is 2.42. The monoisotopic (exact) mass is 558 g/mol. The molecule has 0 amide bonds. The smallest absolute Gasteiger partial charge is 0.238 e. The fourth-order valence-electron chi connectivity index (χ4n) is 3.57. The van der Waals surface area contributed by atoms with Crippen LogP contribution in [0.5, 0.6) is 0 Å². The van der Waals surface area contributed by atoms with Crippen LogP contribution in [-0.2, 0) is 0 Å². The Morgan fingerprint density at radius 3 is 1.48 bits per heavy atom. The first kappa shape index (κ1) is 25.3. The first-order chi connectivity index (χ1) is 15.6. The molecule has 0 fully saturated rings. The molecule has 0 spiro atoms. The maximum Gasteiger partial charge on any atom is 0.257 e. The molecule has 33 heavy (non-hydrogen) atoms. The second kappa shape index (κ2) is 10.1. The molecule has 0 N–H and O–H groups in total. The molecule has 1 atom stereocenters. The molecule has 12 heteroatoms. The van der Waals surface area contributed by atoms with Gasteiger partial charge >= 0.3 is 0 Å². The lowest BCUT2D eigenvalue weighted by molar-refractivity contribution is 0.498. The van der Waals surface area contributed by atoms with Gasteiger partial charge in [-0.15, -0.1) is 17.2 Å². The molecule has 1 heterocycles. The first-order valence-corrected chi connectivity index (χ1v) is 17.8. The summed E-state index contributed by atoms with van der Waals surface area (Å²) < 4.78 is 21.0. The minimum absolute atomic E-state index is 0.533. The van der Waals surface area contributed by atoms with Crippen LogP contribution in [0, 0.1) is 0 Å². The topological polar surface area (TPSA) is 46.8 Å². The molecule has 0 bridgehead atoms. The van der Waals surface area contributed by atoms with Gasteiger partial charge in [0.05, 0.1) is 0 Å². The maximum atomic E-state index is 7.21. The zero-order valence-electron chi connectivity index (χ0n) is 18.5. The summed E-state index contributed by atoms with van der Waals surface area (Å²) in [6.07, 6.45) is 17.6. The van der Waals surface area contributed by atoms with E-state index in [1.165, 1.54) is 0 Å². The third-order valence-electron chi connectivity index (χ3n) is 5.22. The highest BCUT2D eigenvalue weighted by atomic mass is 35.9. The van der Waals surface area contributed by atoms with Crippen molar-refractivity contribution in [3.05, 3.63) is 88.6 Å². The van der Waals surface area contributed by atoms with Crippen LogP contribution >= 0.6 is 53.8 Å². The number of hydrogen-bond acceptors (Lipinski definition) is 6. The standard InChI is InChI=1S/C21H24Cl3N6P3/c1-28(16-19-10-4-5-11-19)32(24)25-31(22,23)26-33(27-32,29(2)17-20-12-6-7-13-20)30(3)18-21-14-8-9-15-21/h4-10,12,14H,16-18H2,1-3H3. The van der Waals surface area contributed by atoms with E-state index >= 15 is 0 Å². The van der Waals surface area contributed by atoms with Gasteiger partial charge in [0.1, 0.15) is 0 Å². The number of hydrogen-bond donors (Lipinski definition) is 0. The Balaban J connectivity index is 1.82. The molecule has 3 aliphatic carbocycles. The van der Waals surface area contributed by atoms with Gasteiger partial charge in [-0.25, -0.2) is 14.0 Å². The van der Waals surface area contributed by atoms with Crippen molar-refractivity contribution in [2.24, 2.45) is 13.5 Å². The minimum atomic E-state index is -3.10. The van der Waals surface area contributed by atoms with Crippen molar-refractivity contribution in [2.45, 2.75) is 0 Å². The number of allylic oxidation sites excluding steroid dienone is 3. The quantitative estimate of drug-likeness (QED) is 0.211. The molecular formula is C21H24Cl3N6P3. The van der Waals surface area contributed by atoms with Gasteiger partial charge in [-0.2, -0.15) is 13.5 Å². The third-order valence-corrected chi connectivity index (χ3v) is 18.2. The molecule has 174 valence electrons. The Hall–Kier alpha value is -0.780. The highest BCUT2D eigenvalue weighted by molar-refractivity contribution is 8.15. The summed E-state index contributed by atoms with van der Waals surface area (Å²) in [5.41, 5.74) is 12.8. The molecule has 4 rings (SSSR count). The van der Waals surface area contributed by atoms with Crippen molar-refractivity contribution in [2.75, 3.05) is 40.8 Å². The van der Waals surface area contributed by atoms with Crippen molar-refractivity contribution >= 4 is 53.8 Å². The molecule has 0 aromatic carbocycles. The molecule has 6 nitrogen and oxygen atoms in total. The van der Waals surface area contributed by atoms with E-state index < -0.39 is 20.1 Å². The molecule has 1 unspecified atom stereocenters. The van der Waals surface area contributed by atoms with Crippen LogP contribution in [0.25, 0.3) is 0 Å². The van der Waals surface area contributed by atoms with E-state index in [0.717, 1.165) is 16.7 Å². The molecule has 0 saturated carbocycles. The average molecular weight is 560 g/mol. The normalized spacial score (nSPS) is 25.5. The Morgan fingerprint density at radius 2 is 1.09 bits per heavy atom. The number of halogens is 3. The van der Waals surface area contributed by atoms with E-state index in [1.54, 1.807) is 0 Å². The summed E-state index contributed by atoms with van der Waals surface area (Å²) in [5, 5.41) is 0. The van der Waals surface area contributed by atoms with E-state index in [-0.39, 0.29) is 0 Å². The summed E-state index contributed by atoms with van der Waals surface area (Å²) in [4.78, 5) is 0. The fraction of sp³-hybridized carbons (Fsp3) is 0.286. The predicted molar refractivity (Wildman–Crippen MR) is 146 cm³/mol. The molecular weight excluding hydrogens is 536 g/mol. The second-order valence-corrected chi connectivity index (χ2v) is 19.7. The second-order valence-electron chi connectivity index (χ2n) is 7.79. The van der Waals surface area contributed by atoms with Crippen molar-refractivity contribution in [1.82, 2.24) is 14.0 Å². The van der Waals surface area contributed by atoms with Crippen LogP contribution < -0.4 is 0 Å². The summed E-state index contributed by atoms with van der Waals surface area (Å²) in [6.45, 7) is -1.27. The van der Waals surface area contributed by atoms with Gasteiger partial charge in [0.25, 0.3) is 5.91 Å². The van der Waals surface area contributed by atoms with Gasteiger partial charge in [-0.1, -0.05) is 18.2 Å². The minimum Gasteiger partial charge on any atom is -0.238 e. The fourth-order valence-corrected chi connectivity index (χ4v) is 19.1. The molecule has 1 aliphatic heterocycles. The van der Waals surface area contributed by atoms with Crippen molar-refractivity contribution < 1.29 is 0 Å². The molecule has 0 aromatic rings. The maximum absolute atomic E-state index is 7.21.